The Morgan fingerprint density at radius 2 is 2.36 bits per heavy atom. The van der Waals surface area contributed by atoms with E-state index in [0.717, 1.165) is 31.4 Å². The van der Waals surface area contributed by atoms with Gasteiger partial charge in [0.25, 0.3) is 0 Å². The van der Waals surface area contributed by atoms with Gasteiger partial charge >= 0.3 is 0 Å². The van der Waals surface area contributed by atoms with E-state index in [1.54, 1.807) is 0 Å². The van der Waals surface area contributed by atoms with E-state index >= 15 is 0 Å². The molecule has 5 heteroatoms. The first-order chi connectivity index (χ1) is 6.95. The number of hydrogen-bond donors (Lipinski definition) is 2. The molecule has 2 N–H and O–H groups in total. The summed E-state index contributed by atoms with van der Waals surface area (Å²) in [7, 11) is 0. The van der Waals surface area contributed by atoms with Crippen LogP contribution >= 0.6 is 0 Å². The molecule has 0 atom stereocenters. The molecule has 0 aromatic carbocycles. The van der Waals surface area contributed by atoms with Crippen molar-refractivity contribution in [3.63, 3.8) is 0 Å². The molecule has 2 rings (SSSR count). The lowest BCUT2D eigenvalue weighted by Gasteiger charge is -2.22. The number of hydrogen-bond acceptors (Lipinski definition) is 5. The summed E-state index contributed by atoms with van der Waals surface area (Å²) in [5.74, 6) is 1.53. The SMILES string of the molecule is c1nc(CNCC2CCNCC2)no1. The topological polar surface area (TPSA) is 63.0 Å². The minimum absolute atomic E-state index is 0.709. The molecule has 1 aliphatic heterocycles. The Morgan fingerprint density at radius 3 is 3.07 bits per heavy atom. The van der Waals surface area contributed by atoms with E-state index in [9.17, 15) is 0 Å². The second-order valence-electron chi connectivity index (χ2n) is 3.67. The third-order valence-corrected chi connectivity index (χ3v) is 2.58. The van der Waals surface area contributed by atoms with Crippen molar-refractivity contribution in [3.05, 3.63) is 12.2 Å². The van der Waals surface area contributed by atoms with Gasteiger partial charge in [-0.05, 0) is 38.4 Å². The molecule has 14 heavy (non-hydrogen) atoms. The lowest BCUT2D eigenvalue weighted by molar-refractivity contribution is 0.352. The van der Waals surface area contributed by atoms with E-state index in [0.29, 0.717) is 6.54 Å². The van der Waals surface area contributed by atoms with Gasteiger partial charge in [-0.3, -0.25) is 0 Å². The number of rotatable bonds is 4. The van der Waals surface area contributed by atoms with E-state index < -0.39 is 0 Å². The van der Waals surface area contributed by atoms with Crippen LogP contribution in [0.15, 0.2) is 10.9 Å². The van der Waals surface area contributed by atoms with E-state index in [4.69, 9.17) is 0 Å². The molecule has 1 aliphatic rings. The molecular weight excluding hydrogens is 180 g/mol. The molecule has 0 bridgehead atoms. The zero-order valence-corrected chi connectivity index (χ0v) is 8.20. The van der Waals surface area contributed by atoms with E-state index in [2.05, 4.69) is 25.3 Å². The van der Waals surface area contributed by atoms with Crippen molar-refractivity contribution in [1.82, 2.24) is 20.8 Å². The van der Waals surface area contributed by atoms with E-state index in [-0.39, 0.29) is 0 Å². The van der Waals surface area contributed by atoms with Crippen LogP contribution in [0, 0.1) is 5.92 Å². The van der Waals surface area contributed by atoms with Crippen LogP contribution < -0.4 is 10.6 Å². The van der Waals surface area contributed by atoms with Gasteiger partial charge in [0.15, 0.2) is 5.82 Å². The van der Waals surface area contributed by atoms with Gasteiger partial charge in [0.1, 0.15) is 0 Å². The Morgan fingerprint density at radius 1 is 1.50 bits per heavy atom. The van der Waals surface area contributed by atoms with Gasteiger partial charge < -0.3 is 15.2 Å². The predicted octanol–water partition coefficient (Wildman–Crippen LogP) is 0.159. The number of piperidine rings is 1. The molecule has 1 aromatic heterocycles. The summed E-state index contributed by atoms with van der Waals surface area (Å²) in [6, 6.07) is 0. The molecule has 0 unspecified atom stereocenters. The molecule has 1 fully saturated rings. The number of nitrogens with one attached hydrogen (secondary N) is 2. The second-order valence-corrected chi connectivity index (χ2v) is 3.67. The highest BCUT2D eigenvalue weighted by Crippen LogP contribution is 2.09. The van der Waals surface area contributed by atoms with Crippen LogP contribution in [0.1, 0.15) is 18.7 Å². The lowest BCUT2D eigenvalue weighted by atomic mass is 9.98. The molecule has 0 amide bonds. The molecule has 0 saturated carbocycles. The average Bonchev–Trinajstić information content (AvgIpc) is 2.72. The van der Waals surface area contributed by atoms with E-state index in [1.165, 1.54) is 19.2 Å². The quantitative estimate of drug-likeness (QED) is 0.718. The Kier molecular flexibility index (Phi) is 3.48. The Bertz CT molecular complexity index is 243. The first-order valence-electron chi connectivity index (χ1n) is 5.12. The summed E-state index contributed by atoms with van der Waals surface area (Å²) >= 11 is 0. The highest BCUT2D eigenvalue weighted by atomic mass is 16.5. The van der Waals surface area contributed by atoms with Crippen molar-refractivity contribution >= 4 is 0 Å². The maximum atomic E-state index is 4.65. The van der Waals surface area contributed by atoms with Gasteiger partial charge in [0.2, 0.25) is 6.39 Å². The smallest absolute Gasteiger partial charge is 0.213 e. The zero-order chi connectivity index (χ0) is 9.64. The second kappa shape index (κ2) is 5.07. The molecule has 1 aromatic rings. The highest BCUT2D eigenvalue weighted by molar-refractivity contribution is 4.77. The largest absolute Gasteiger partial charge is 0.343 e. The maximum Gasteiger partial charge on any atom is 0.213 e. The van der Waals surface area contributed by atoms with Crippen LogP contribution in [0.2, 0.25) is 0 Å². The fourth-order valence-electron chi connectivity index (χ4n) is 1.74. The average molecular weight is 196 g/mol. The Hall–Kier alpha value is -0.940. The van der Waals surface area contributed by atoms with Crippen molar-refractivity contribution in [1.29, 1.82) is 0 Å². The molecule has 0 spiro atoms. The van der Waals surface area contributed by atoms with Crippen molar-refractivity contribution in [3.8, 4) is 0 Å². The molecule has 1 saturated heterocycles. The van der Waals surface area contributed by atoms with Crippen LogP contribution in [0.25, 0.3) is 0 Å². The molecule has 2 heterocycles. The highest BCUT2D eigenvalue weighted by Gasteiger charge is 2.12. The molecule has 78 valence electrons. The summed E-state index contributed by atoms with van der Waals surface area (Å²) in [6.45, 7) is 4.06. The van der Waals surface area contributed by atoms with Crippen LogP contribution in [-0.4, -0.2) is 29.8 Å². The van der Waals surface area contributed by atoms with Gasteiger partial charge in [0, 0.05) is 0 Å². The minimum atomic E-state index is 0.709. The standard InChI is InChI=1S/C9H16N4O/c1-3-10-4-2-8(1)5-11-6-9-12-7-14-13-9/h7-8,10-11H,1-6H2. The van der Waals surface area contributed by atoms with Gasteiger partial charge in [0.05, 0.1) is 6.54 Å². The van der Waals surface area contributed by atoms with E-state index in [1.807, 2.05) is 0 Å². The lowest BCUT2D eigenvalue weighted by Crippen LogP contribution is -2.33. The summed E-state index contributed by atoms with van der Waals surface area (Å²) in [5.41, 5.74) is 0. The van der Waals surface area contributed by atoms with Gasteiger partial charge in [-0.25, -0.2) is 0 Å². The Balaban J connectivity index is 1.62. The van der Waals surface area contributed by atoms with Crippen molar-refractivity contribution < 1.29 is 4.52 Å². The Labute approximate surface area is 83.3 Å². The third-order valence-electron chi connectivity index (χ3n) is 2.58. The number of aromatic nitrogens is 2. The summed E-state index contributed by atoms with van der Waals surface area (Å²) in [6.07, 6.45) is 3.89. The summed E-state index contributed by atoms with van der Waals surface area (Å²) < 4.78 is 4.65. The molecule has 5 nitrogen and oxygen atoms in total. The molecule has 0 aliphatic carbocycles. The summed E-state index contributed by atoms with van der Waals surface area (Å²) in [4.78, 5) is 3.95. The van der Waals surface area contributed by atoms with Crippen LogP contribution in [0.3, 0.4) is 0 Å². The monoisotopic (exact) mass is 196 g/mol. The first kappa shape index (κ1) is 9.61. The zero-order valence-electron chi connectivity index (χ0n) is 8.20. The van der Waals surface area contributed by atoms with Gasteiger partial charge in [-0.15, -0.1) is 0 Å². The molecular formula is C9H16N4O. The van der Waals surface area contributed by atoms with Gasteiger partial charge in [-0.1, -0.05) is 5.16 Å². The minimum Gasteiger partial charge on any atom is -0.343 e. The molecule has 0 radical (unpaired) electrons. The van der Waals surface area contributed by atoms with Crippen LogP contribution in [0.5, 0.6) is 0 Å². The normalized spacial score (nSPS) is 18.6. The first-order valence-corrected chi connectivity index (χ1v) is 5.12. The maximum absolute atomic E-state index is 4.65. The fraction of sp³-hybridized carbons (Fsp3) is 0.778. The predicted molar refractivity (Wildman–Crippen MR) is 51.6 cm³/mol. The van der Waals surface area contributed by atoms with Crippen molar-refractivity contribution in [2.24, 2.45) is 5.92 Å². The van der Waals surface area contributed by atoms with Crippen LogP contribution in [-0.2, 0) is 6.54 Å². The summed E-state index contributed by atoms with van der Waals surface area (Å²) in [5, 5.41) is 10.4. The van der Waals surface area contributed by atoms with Crippen molar-refractivity contribution in [2.75, 3.05) is 19.6 Å². The van der Waals surface area contributed by atoms with Gasteiger partial charge in [-0.2, -0.15) is 4.98 Å². The van der Waals surface area contributed by atoms with Crippen molar-refractivity contribution in [2.45, 2.75) is 19.4 Å². The third kappa shape index (κ3) is 2.78. The fourth-order valence-corrected chi connectivity index (χ4v) is 1.74. The van der Waals surface area contributed by atoms with Crippen LogP contribution in [0.4, 0.5) is 0 Å². The number of nitrogens with zero attached hydrogens (tertiary/aromatic N) is 2.